The number of rotatable bonds is 2. The van der Waals surface area contributed by atoms with Gasteiger partial charge < -0.3 is 4.90 Å². The van der Waals surface area contributed by atoms with Gasteiger partial charge in [-0.2, -0.15) is 0 Å². The fourth-order valence-electron chi connectivity index (χ4n) is 3.42. The smallest absolute Gasteiger partial charge is 0.256 e. The molecule has 1 amide bonds. The minimum absolute atomic E-state index is 0.0179. The van der Waals surface area contributed by atoms with Crippen LogP contribution in [0.2, 0.25) is 0 Å². The molecule has 1 saturated heterocycles. The molecule has 0 saturated carbocycles. The first-order valence-electron chi connectivity index (χ1n) is 8.24. The Morgan fingerprint density at radius 3 is 3.00 bits per heavy atom. The van der Waals surface area contributed by atoms with Crippen LogP contribution in [0.3, 0.4) is 0 Å². The zero-order valence-electron chi connectivity index (χ0n) is 13.6. The Labute approximate surface area is 140 Å². The second-order valence-corrected chi connectivity index (χ2v) is 6.20. The molecular formula is C18H19N5O. The lowest BCUT2D eigenvalue weighted by molar-refractivity contribution is 0.0597. The molecule has 6 heteroatoms. The Bertz CT molecular complexity index is 874. The van der Waals surface area contributed by atoms with Crippen LogP contribution in [0.15, 0.2) is 43.1 Å². The summed E-state index contributed by atoms with van der Waals surface area (Å²) in [4.78, 5) is 28.0. The normalized spacial score (nSPS) is 18.0. The number of fused-ring (bicyclic) bond motifs is 1. The molecule has 6 nitrogen and oxygen atoms in total. The largest absolute Gasteiger partial charge is 0.328 e. The van der Waals surface area contributed by atoms with E-state index < -0.39 is 0 Å². The van der Waals surface area contributed by atoms with Crippen LogP contribution in [0.4, 0.5) is 0 Å². The first-order chi connectivity index (χ1) is 11.7. The van der Waals surface area contributed by atoms with Gasteiger partial charge in [-0.05, 0) is 44.4 Å². The van der Waals surface area contributed by atoms with E-state index in [0.29, 0.717) is 5.56 Å². The third-order valence-corrected chi connectivity index (χ3v) is 4.53. The van der Waals surface area contributed by atoms with E-state index >= 15 is 0 Å². The van der Waals surface area contributed by atoms with Crippen molar-refractivity contribution in [1.29, 1.82) is 0 Å². The van der Waals surface area contributed by atoms with E-state index in [1.807, 2.05) is 34.6 Å². The predicted octanol–water partition coefficient (Wildman–Crippen LogP) is 2.80. The van der Waals surface area contributed by atoms with E-state index in [9.17, 15) is 4.79 Å². The third-order valence-electron chi connectivity index (χ3n) is 4.53. The van der Waals surface area contributed by atoms with Crippen LogP contribution >= 0.6 is 0 Å². The molecule has 1 atom stereocenters. The van der Waals surface area contributed by atoms with Crippen molar-refractivity contribution in [2.45, 2.75) is 32.2 Å². The third kappa shape index (κ3) is 2.54. The number of aromatic nitrogens is 4. The predicted molar refractivity (Wildman–Crippen MR) is 89.6 cm³/mol. The van der Waals surface area contributed by atoms with E-state index in [2.05, 4.69) is 9.97 Å². The Kier molecular flexibility index (Phi) is 3.72. The number of imidazole rings is 1. The quantitative estimate of drug-likeness (QED) is 0.728. The van der Waals surface area contributed by atoms with Crippen molar-refractivity contribution in [2.24, 2.45) is 0 Å². The molecule has 3 aromatic heterocycles. The first-order valence-corrected chi connectivity index (χ1v) is 8.24. The van der Waals surface area contributed by atoms with Gasteiger partial charge in [0.15, 0.2) is 0 Å². The molecular weight excluding hydrogens is 302 g/mol. The van der Waals surface area contributed by atoms with Gasteiger partial charge in [-0.25, -0.2) is 9.97 Å². The van der Waals surface area contributed by atoms with Crippen molar-refractivity contribution in [3.8, 4) is 0 Å². The van der Waals surface area contributed by atoms with Crippen molar-refractivity contribution in [2.75, 3.05) is 6.54 Å². The highest BCUT2D eigenvalue weighted by molar-refractivity contribution is 5.94. The molecule has 0 aromatic carbocycles. The summed E-state index contributed by atoms with van der Waals surface area (Å²) in [6.07, 6.45) is 9.93. The highest BCUT2D eigenvalue weighted by Gasteiger charge is 2.31. The van der Waals surface area contributed by atoms with Gasteiger partial charge in [-0.1, -0.05) is 0 Å². The molecule has 24 heavy (non-hydrogen) atoms. The van der Waals surface area contributed by atoms with Crippen molar-refractivity contribution < 1.29 is 4.79 Å². The van der Waals surface area contributed by atoms with Crippen LogP contribution in [-0.2, 0) is 0 Å². The van der Waals surface area contributed by atoms with Gasteiger partial charge in [0, 0.05) is 24.6 Å². The molecule has 3 aromatic rings. The van der Waals surface area contributed by atoms with Crippen LogP contribution < -0.4 is 0 Å². The summed E-state index contributed by atoms with van der Waals surface area (Å²) >= 11 is 0. The minimum Gasteiger partial charge on any atom is -0.328 e. The Balaban J connectivity index is 1.77. The Morgan fingerprint density at radius 2 is 2.17 bits per heavy atom. The summed E-state index contributed by atoms with van der Waals surface area (Å²) < 4.78 is 1.99. The first kappa shape index (κ1) is 14.8. The average Bonchev–Trinajstić information content (AvgIpc) is 3.09. The molecule has 0 bridgehead atoms. The molecule has 122 valence electrons. The van der Waals surface area contributed by atoms with Crippen molar-refractivity contribution >= 4 is 11.4 Å². The maximum absolute atomic E-state index is 13.0. The van der Waals surface area contributed by atoms with Crippen LogP contribution in [0.5, 0.6) is 0 Å². The Morgan fingerprint density at radius 1 is 1.25 bits per heavy atom. The highest BCUT2D eigenvalue weighted by Crippen LogP contribution is 2.31. The molecule has 4 rings (SSSR count). The Hall–Kier alpha value is -2.76. The average molecular weight is 321 g/mol. The van der Waals surface area contributed by atoms with Gasteiger partial charge >= 0.3 is 0 Å². The standard InChI is InChI=1S/C18H19N5O/c1-13-9-15-11-20-12-23(15)17(21-13)16-6-2-3-8-22(16)18(24)14-5-4-7-19-10-14/h4-5,7,9-12,16H,2-3,6,8H2,1H3. The summed E-state index contributed by atoms with van der Waals surface area (Å²) in [6, 6.07) is 5.58. The minimum atomic E-state index is -0.0388. The molecule has 0 radical (unpaired) electrons. The lowest BCUT2D eigenvalue weighted by atomic mass is 10.00. The number of amides is 1. The highest BCUT2D eigenvalue weighted by atomic mass is 16.2. The van der Waals surface area contributed by atoms with Crippen molar-refractivity contribution in [1.82, 2.24) is 24.3 Å². The van der Waals surface area contributed by atoms with E-state index in [1.165, 1.54) is 0 Å². The summed E-state index contributed by atoms with van der Waals surface area (Å²) in [7, 11) is 0. The molecule has 1 aliphatic rings. The topological polar surface area (TPSA) is 63.4 Å². The maximum Gasteiger partial charge on any atom is 0.256 e. The van der Waals surface area contributed by atoms with Crippen molar-refractivity contribution in [3.05, 3.63) is 60.2 Å². The van der Waals surface area contributed by atoms with Gasteiger partial charge in [-0.15, -0.1) is 0 Å². The summed E-state index contributed by atoms with van der Waals surface area (Å²) in [5.74, 6) is 0.906. The van der Waals surface area contributed by atoms with E-state index in [-0.39, 0.29) is 11.9 Å². The zero-order chi connectivity index (χ0) is 16.5. The monoisotopic (exact) mass is 321 g/mol. The fourth-order valence-corrected chi connectivity index (χ4v) is 3.42. The fraction of sp³-hybridized carbons (Fsp3) is 0.333. The number of nitrogens with zero attached hydrogens (tertiary/aromatic N) is 5. The summed E-state index contributed by atoms with van der Waals surface area (Å²) in [5.41, 5.74) is 2.58. The lowest BCUT2D eigenvalue weighted by Gasteiger charge is -2.35. The second-order valence-electron chi connectivity index (χ2n) is 6.20. The lowest BCUT2D eigenvalue weighted by Crippen LogP contribution is -2.39. The SMILES string of the molecule is Cc1cc2cncn2c(C2CCCCN2C(=O)c2cccnc2)n1. The number of aryl methyl sites for hydroxylation is 1. The number of hydrogen-bond acceptors (Lipinski definition) is 4. The van der Waals surface area contributed by atoms with Gasteiger partial charge in [0.05, 0.1) is 23.3 Å². The molecule has 0 aliphatic carbocycles. The molecule has 1 unspecified atom stereocenters. The maximum atomic E-state index is 13.0. The van der Waals surface area contributed by atoms with E-state index in [0.717, 1.165) is 42.8 Å². The van der Waals surface area contributed by atoms with Gasteiger partial charge in [-0.3, -0.25) is 14.2 Å². The summed E-state index contributed by atoms with van der Waals surface area (Å²) in [6.45, 7) is 2.72. The molecule has 4 heterocycles. The van der Waals surface area contributed by atoms with Gasteiger partial charge in [0.1, 0.15) is 12.2 Å². The van der Waals surface area contributed by atoms with Crippen LogP contribution in [-0.4, -0.2) is 36.7 Å². The van der Waals surface area contributed by atoms with Crippen LogP contribution in [0.1, 0.15) is 47.2 Å². The van der Waals surface area contributed by atoms with Gasteiger partial charge in [0.2, 0.25) is 0 Å². The number of hydrogen-bond donors (Lipinski definition) is 0. The van der Waals surface area contributed by atoms with Crippen molar-refractivity contribution in [3.63, 3.8) is 0 Å². The van der Waals surface area contributed by atoms with Crippen LogP contribution in [0, 0.1) is 6.92 Å². The number of likely N-dealkylation sites (tertiary alicyclic amines) is 1. The van der Waals surface area contributed by atoms with E-state index in [1.54, 1.807) is 24.8 Å². The number of pyridine rings is 1. The second kappa shape index (κ2) is 6.03. The number of piperidine rings is 1. The number of carbonyl (C=O) groups excluding carboxylic acids is 1. The zero-order valence-corrected chi connectivity index (χ0v) is 13.6. The molecule has 1 aliphatic heterocycles. The molecule has 0 N–H and O–H groups in total. The summed E-state index contributed by atoms with van der Waals surface area (Å²) in [5, 5.41) is 0. The van der Waals surface area contributed by atoms with Gasteiger partial charge in [0.25, 0.3) is 5.91 Å². The molecule has 0 spiro atoms. The molecule has 1 fully saturated rings. The van der Waals surface area contributed by atoms with Crippen LogP contribution in [0.25, 0.3) is 5.52 Å². The van der Waals surface area contributed by atoms with E-state index in [4.69, 9.17) is 4.98 Å². The number of carbonyl (C=O) groups is 1.